The number of furan rings is 1. The van der Waals surface area contributed by atoms with Gasteiger partial charge in [0.05, 0.1) is 28.6 Å². The summed E-state index contributed by atoms with van der Waals surface area (Å²) in [5.74, 6) is 0.0703. The molecule has 2 aromatic heterocycles. The molecule has 3 heterocycles. The summed E-state index contributed by atoms with van der Waals surface area (Å²) < 4.78 is 53.3. The zero-order chi connectivity index (χ0) is 17.6. The first-order valence-electron chi connectivity index (χ1n) is 7.89. The highest BCUT2D eigenvalue weighted by Crippen LogP contribution is 2.45. The van der Waals surface area contributed by atoms with Gasteiger partial charge in [0.15, 0.2) is 6.23 Å². The van der Waals surface area contributed by atoms with E-state index in [1.165, 1.54) is 29.3 Å². The van der Waals surface area contributed by atoms with Crippen LogP contribution in [0.1, 0.15) is 31.1 Å². The van der Waals surface area contributed by atoms with E-state index in [2.05, 4.69) is 5.10 Å². The third-order valence-electron chi connectivity index (χ3n) is 4.34. The lowest BCUT2D eigenvalue weighted by atomic mass is 10.0. The second-order valence-corrected chi connectivity index (χ2v) is 6.31. The average Bonchev–Trinajstić information content (AvgIpc) is 3.24. The van der Waals surface area contributed by atoms with Gasteiger partial charge < -0.3 is 9.15 Å². The molecule has 1 aliphatic rings. The number of ether oxygens (including phenoxy) is 1. The Labute approximate surface area is 146 Å². The summed E-state index contributed by atoms with van der Waals surface area (Å²) in [6.45, 7) is 0.566. The number of benzene rings is 1. The van der Waals surface area contributed by atoms with E-state index in [1.54, 1.807) is 0 Å². The van der Waals surface area contributed by atoms with Crippen molar-refractivity contribution in [3.63, 3.8) is 0 Å². The summed E-state index contributed by atoms with van der Waals surface area (Å²) in [4.78, 5) is 0. The molecule has 132 valence electrons. The second kappa shape index (κ2) is 6.07. The van der Waals surface area contributed by atoms with Crippen LogP contribution in [-0.4, -0.2) is 16.4 Å². The van der Waals surface area contributed by atoms with Gasteiger partial charge in [-0.2, -0.15) is 18.3 Å². The highest BCUT2D eigenvalue weighted by molar-refractivity contribution is 6.38. The Morgan fingerprint density at radius 3 is 2.76 bits per heavy atom. The highest BCUT2D eigenvalue weighted by Gasteiger charge is 2.37. The Kier molecular flexibility index (Phi) is 4.00. The molecular weight excluding hydrogens is 357 g/mol. The van der Waals surface area contributed by atoms with Crippen molar-refractivity contribution in [3.8, 4) is 11.3 Å². The fraction of sp³-hybridized carbons (Fsp3) is 0.353. The maximum Gasteiger partial charge on any atom is 0.417 e. The zero-order valence-corrected chi connectivity index (χ0v) is 13.8. The van der Waals surface area contributed by atoms with Gasteiger partial charge in [-0.25, -0.2) is 4.68 Å². The van der Waals surface area contributed by atoms with Crippen molar-refractivity contribution in [1.82, 2.24) is 9.78 Å². The summed E-state index contributed by atoms with van der Waals surface area (Å²) in [6, 6.07) is 4.05. The summed E-state index contributed by atoms with van der Waals surface area (Å²) in [5, 5.41) is 4.65. The van der Waals surface area contributed by atoms with Crippen LogP contribution in [0.4, 0.5) is 13.2 Å². The van der Waals surface area contributed by atoms with Crippen LogP contribution in [-0.2, 0) is 10.9 Å². The van der Waals surface area contributed by atoms with E-state index >= 15 is 0 Å². The molecule has 8 heteroatoms. The van der Waals surface area contributed by atoms with E-state index in [-0.39, 0.29) is 22.6 Å². The Morgan fingerprint density at radius 2 is 2.12 bits per heavy atom. The number of hydrogen-bond acceptors (Lipinski definition) is 3. The third kappa shape index (κ3) is 2.81. The molecule has 4 nitrogen and oxygen atoms in total. The Morgan fingerprint density at radius 1 is 1.28 bits per heavy atom. The molecule has 0 bridgehead atoms. The average molecular weight is 371 g/mol. The minimum absolute atomic E-state index is 0.0261. The van der Waals surface area contributed by atoms with E-state index in [0.29, 0.717) is 23.9 Å². The molecular formula is C17H14ClF3N2O2. The van der Waals surface area contributed by atoms with E-state index in [4.69, 9.17) is 20.8 Å². The molecule has 1 fully saturated rings. The Hall–Kier alpha value is -1.99. The predicted molar refractivity (Wildman–Crippen MR) is 86.3 cm³/mol. The maximum atomic E-state index is 13.7. The number of fused-ring (bicyclic) bond motifs is 1. The summed E-state index contributed by atoms with van der Waals surface area (Å²) in [7, 11) is 0. The third-order valence-corrected chi connectivity index (χ3v) is 4.73. The van der Waals surface area contributed by atoms with Crippen LogP contribution in [0.15, 0.2) is 35.1 Å². The molecule has 25 heavy (non-hydrogen) atoms. The van der Waals surface area contributed by atoms with Crippen molar-refractivity contribution in [3.05, 3.63) is 41.2 Å². The quantitative estimate of drug-likeness (QED) is 0.583. The molecule has 0 amide bonds. The fourth-order valence-electron chi connectivity index (χ4n) is 3.18. The normalized spacial score (nSPS) is 18.8. The lowest BCUT2D eigenvalue weighted by Gasteiger charge is -2.24. The molecule has 1 unspecified atom stereocenters. The van der Waals surface area contributed by atoms with Gasteiger partial charge in [-0.3, -0.25) is 0 Å². The summed E-state index contributed by atoms with van der Waals surface area (Å²) >= 11 is 6.34. The Balaban J connectivity index is 1.96. The SMILES string of the molecule is FC(F)(F)c1cc2c(cnn2C2CCCCO2)c(Cl)c1-c1ccco1. The van der Waals surface area contributed by atoms with Crippen LogP contribution in [0.5, 0.6) is 0 Å². The lowest BCUT2D eigenvalue weighted by molar-refractivity contribution is -0.137. The second-order valence-electron chi connectivity index (χ2n) is 5.93. The number of rotatable bonds is 2. The van der Waals surface area contributed by atoms with Crippen molar-refractivity contribution in [2.45, 2.75) is 31.7 Å². The van der Waals surface area contributed by atoms with Gasteiger partial charge in [0.25, 0.3) is 0 Å². The molecule has 0 radical (unpaired) electrons. The molecule has 1 aliphatic heterocycles. The van der Waals surface area contributed by atoms with Crippen LogP contribution in [0, 0.1) is 0 Å². The van der Waals surface area contributed by atoms with Crippen molar-refractivity contribution < 1.29 is 22.3 Å². The van der Waals surface area contributed by atoms with Crippen molar-refractivity contribution in [2.24, 2.45) is 0 Å². The van der Waals surface area contributed by atoms with Gasteiger partial charge in [-0.1, -0.05) is 11.6 Å². The molecule has 0 saturated carbocycles. The summed E-state index contributed by atoms with van der Waals surface area (Å²) in [5.41, 5.74) is -0.715. The molecule has 1 aromatic carbocycles. The first-order valence-corrected chi connectivity index (χ1v) is 8.27. The predicted octanol–water partition coefficient (Wildman–Crippen LogP) is 5.67. The van der Waals surface area contributed by atoms with Crippen molar-refractivity contribution in [2.75, 3.05) is 6.61 Å². The van der Waals surface area contributed by atoms with Gasteiger partial charge in [-0.15, -0.1) is 0 Å². The maximum absolute atomic E-state index is 13.7. The zero-order valence-electron chi connectivity index (χ0n) is 13.0. The van der Waals surface area contributed by atoms with Crippen LogP contribution in [0.2, 0.25) is 5.02 Å². The van der Waals surface area contributed by atoms with Gasteiger partial charge in [0.2, 0.25) is 0 Å². The van der Waals surface area contributed by atoms with Gasteiger partial charge in [-0.05, 0) is 37.5 Å². The van der Waals surface area contributed by atoms with Crippen molar-refractivity contribution >= 4 is 22.5 Å². The molecule has 1 saturated heterocycles. The van der Waals surface area contributed by atoms with E-state index in [1.807, 2.05) is 0 Å². The topological polar surface area (TPSA) is 40.2 Å². The minimum Gasteiger partial charge on any atom is -0.464 e. The van der Waals surface area contributed by atoms with Gasteiger partial charge in [0, 0.05) is 17.6 Å². The minimum atomic E-state index is -4.58. The molecule has 3 aromatic rings. The molecule has 1 atom stereocenters. The first-order chi connectivity index (χ1) is 12.0. The van der Waals surface area contributed by atoms with Crippen LogP contribution in [0.3, 0.4) is 0 Å². The largest absolute Gasteiger partial charge is 0.464 e. The molecule has 0 aliphatic carbocycles. The monoisotopic (exact) mass is 370 g/mol. The van der Waals surface area contributed by atoms with Crippen LogP contribution < -0.4 is 0 Å². The van der Waals surface area contributed by atoms with Crippen LogP contribution >= 0.6 is 11.6 Å². The number of hydrogen-bond donors (Lipinski definition) is 0. The molecule has 4 rings (SSSR count). The standard InChI is InChI=1S/C17H14ClF3N2O2/c18-16-10-9-22-23(14-5-1-2-6-25-14)12(10)8-11(17(19,20)21)15(16)13-4-3-7-24-13/h3-4,7-9,14H,1-2,5-6H2. The lowest BCUT2D eigenvalue weighted by Crippen LogP contribution is -2.19. The van der Waals surface area contributed by atoms with E-state index in [0.717, 1.165) is 18.9 Å². The molecule has 0 N–H and O–H groups in total. The first kappa shape index (κ1) is 16.5. The highest BCUT2D eigenvalue weighted by atomic mass is 35.5. The Bertz CT molecular complexity index is 897. The number of aromatic nitrogens is 2. The number of halogens is 4. The number of alkyl halides is 3. The fourth-order valence-corrected chi connectivity index (χ4v) is 3.52. The van der Waals surface area contributed by atoms with Crippen molar-refractivity contribution in [1.29, 1.82) is 0 Å². The van der Waals surface area contributed by atoms with Gasteiger partial charge >= 0.3 is 6.18 Å². The van der Waals surface area contributed by atoms with E-state index < -0.39 is 11.7 Å². The number of nitrogens with zero attached hydrogens (tertiary/aromatic N) is 2. The van der Waals surface area contributed by atoms with Gasteiger partial charge in [0.1, 0.15) is 5.76 Å². The van der Waals surface area contributed by atoms with Crippen LogP contribution in [0.25, 0.3) is 22.2 Å². The smallest absolute Gasteiger partial charge is 0.417 e. The van der Waals surface area contributed by atoms with E-state index in [9.17, 15) is 13.2 Å². The molecule has 0 spiro atoms. The summed E-state index contributed by atoms with van der Waals surface area (Å²) in [6.07, 6.45) is 0.414.